The van der Waals surface area contributed by atoms with Crippen LogP contribution in [0.25, 0.3) is 11.0 Å². The van der Waals surface area contributed by atoms with Gasteiger partial charge in [-0.15, -0.1) is 0 Å². The summed E-state index contributed by atoms with van der Waals surface area (Å²) in [5, 5.41) is 10.1. The van der Waals surface area contributed by atoms with E-state index < -0.39 is 6.61 Å². The van der Waals surface area contributed by atoms with Gasteiger partial charge in [-0.05, 0) is 42.5 Å². The number of hydrogen-bond donors (Lipinski definition) is 3. The number of fused-ring (bicyclic) bond motifs is 2. The number of alkyl halides is 2. The Morgan fingerprint density at radius 1 is 1.36 bits per heavy atom. The van der Waals surface area contributed by atoms with Crippen LogP contribution in [0.5, 0.6) is 5.75 Å². The number of aromatic amines is 2. The van der Waals surface area contributed by atoms with Crippen LogP contribution in [-0.4, -0.2) is 26.8 Å². The highest BCUT2D eigenvalue weighted by molar-refractivity contribution is 5.73. The summed E-state index contributed by atoms with van der Waals surface area (Å²) >= 11 is 0. The molecule has 0 radical (unpaired) electrons. The third-order valence-corrected chi connectivity index (χ3v) is 4.28. The van der Waals surface area contributed by atoms with Crippen molar-refractivity contribution in [2.75, 3.05) is 5.32 Å². The van der Waals surface area contributed by atoms with Crippen LogP contribution in [0.2, 0.25) is 0 Å². The first-order chi connectivity index (χ1) is 12.1. The number of H-pyrrole nitrogens is 2. The fourth-order valence-electron chi connectivity index (χ4n) is 3.20. The molecule has 1 unspecified atom stereocenters. The van der Waals surface area contributed by atoms with Crippen molar-refractivity contribution in [1.29, 1.82) is 0 Å². The van der Waals surface area contributed by atoms with Gasteiger partial charge in [-0.1, -0.05) is 6.07 Å². The molecule has 0 aliphatic heterocycles. The summed E-state index contributed by atoms with van der Waals surface area (Å²) in [6, 6.07) is 4.87. The second-order valence-corrected chi connectivity index (χ2v) is 5.88. The number of nitrogens with one attached hydrogen (secondary N) is 3. The molecule has 0 saturated carbocycles. The number of rotatable bonds is 4. The molecule has 1 aliphatic carbocycles. The molecule has 3 N–H and O–H groups in total. The van der Waals surface area contributed by atoms with Crippen LogP contribution in [0.3, 0.4) is 0 Å². The first-order valence-corrected chi connectivity index (χ1v) is 7.88. The molecule has 3 aromatic rings. The summed E-state index contributed by atoms with van der Waals surface area (Å²) in [5.41, 5.74) is 2.06. The lowest BCUT2D eigenvalue weighted by atomic mass is 9.87. The Labute approximate surface area is 140 Å². The molecule has 1 atom stereocenters. The van der Waals surface area contributed by atoms with Crippen LogP contribution in [0.15, 0.2) is 29.2 Å². The number of aryl methyl sites for hydroxylation is 1. The molecular weight excluding hydrogens is 332 g/mol. The van der Waals surface area contributed by atoms with E-state index >= 15 is 0 Å². The van der Waals surface area contributed by atoms with Crippen LogP contribution >= 0.6 is 0 Å². The Bertz CT molecular complexity index is 969. The highest BCUT2D eigenvalue weighted by atomic mass is 19.3. The van der Waals surface area contributed by atoms with E-state index in [0.29, 0.717) is 17.0 Å². The summed E-state index contributed by atoms with van der Waals surface area (Å²) in [6.07, 6.45) is 3.94. The van der Waals surface area contributed by atoms with Crippen LogP contribution < -0.4 is 15.6 Å². The predicted molar refractivity (Wildman–Crippen MR) is 86.9 cm³/mol. The molecular formula is C16H15F2N5O2. The Morgan fingerprint density at radius 3 is 3.08 bits per heavy atom. The summed E-state index contributed by atoms with van der Waals surface area (Å²) in [4.78, 5) is 19.0. The van der Waals surface area contributed by atoms with Crippen molar-refractivity contribution in [1.82, 2.24) is 20.2 Å². The van der Waals surface area contributed by atoms with Crippen LogP contribution in [0.1, 0.15) is 30.0 Å². The van der Waals surface area contributed by atoms with Gasteiger partial charge in [0.15, 0.2) is 5.65 Å². The smallest absolute Gasteiger partial charge is 0.387 e. The van der Waals surface area contributed by atoms with Crippen molar-refractivity contribution in [2.24, 2.45) is 0 Å². The average molecular weight is 347 g/mol. The SMILES string of the molecule is O=c1[nH]c(NC2CCCc3cc(OC(F)F)ccc32)nc2[nH]ncc12. The summed E-state index contributed by atoms with van der Waals surface area (Å²) in [5.74, 6) is 0.493. The Kier molecular flexibility index (Phi) is 3.83. The molecule has 25 heavy (non-hydrogen) atoms. The molecule has 0 amide bonds. The molecule has 0 fully saturated rings. The third kappa shape index (κ3) is 3.04. The van der Waals surface area contributed by atoms with E-state index in [1.54, 1.807) is 12.1 Å². The van der Waals surface area contributed by atoms with Gasteiger partial charge in [0.05, 0.1) is 12.2 Å². The first kappa shape index (κ1) is 15.6. The molecule has 2 aromatic heterocycles. The van der Waals surface area contributed by atoms with Gasteiger partial charge in [-0.25, -0.2) is 0 Å². The fourth-order valence-corrected chi connectivity index (χ4v) is 3.20. The molecule has 1 aliphatic rings. The summed E-state index contributed by atoms with van der Waals surface area (Å²) < 4.78 is 29.2. The predicted octanol–water partition coefficient (Wildman–Crippen LogP) is 2.74. The maximum atomic E-state index is 12.4. The molecule has 4 rings (SSSR count). The van der Waals surface area contributed by atoms with E-state index in [0.717, 1.165) is 30.4 Å². The van der Waals surface area contributed by atoms with Gasteiger partial charge >= 0.3 is 6.61 Å². The fraction of sp³-hybridized carbons (Fsp3) is 0.312. The second-order valence-electron chi connectivity index (χ2n) is 5.88. The van der Waals surface area contributed by atoms with Gasteiger partial charge in [-0.3, -0.25) is 14.9 Å². The lowest BCUT2D eigenvalue weighted by Gasteiger charge is -2.27. The van der Waals surface area contributed by atoms with Gasteiger partial charge < -0.3 is 10.1 Å². The monoisotopic (exact) mass is 347 g/mol. The van der Waals surface area contributed by atoms with Gasteiger partial charge in [0.2, 0.25) is 5.95 Å². The van der Waals surface area contributed by atoms with E-state index in [1.807, 2.05) is 0 Å². The normalized spacial score (nSPS) is 16.8. The van der Waals surface area contributed by atoms with Gasteiger partial charge in [0.25, 0.3) is 5.56 Å². The van der Waals surface area contributed by atoms with Gasteiger partial charge in [0.1, 0.15) is 11.1 Å². The van der Waals surface area contributed by atoms with Crippen molar-refractivity contribution in [2.45, 2.75) is 31.9 Å². The topological polar surface area (TPSA) is 95.7 Å². The van der Waals surface area contributed by atoms with E-state index in [1.165, 1.54) is 12.3 Å². The number of nitrogens with zero attached hydrogens (tertiary/aromatic N) is 2. The number of anilines is 1. The molecule has 130 valence electrons. The quantitative estimate of drug-likeness (QED) is 0.674. The lowest BCUT2D eigenvalue weighted by molar-refractivity contribution is -0.0499. The Balaban J connectivity index is 1.62. The van der Waals surface area contributed by atoms with Crippen molar-refractivity contribution in [3.8, 4) is 5.75 Å². The highest BCUT2D eigenvalue weighted by Gasteiger charge is 2.22. The minimum atomic E-state index is -2.84. The van der Waals surface area contributed by atoms with Gasteiger partial charge in [0, 0.05) is 0 Å². The van der Waals surface area contributed by atoms with E-state index in [9.17, 15) is 13.6 Å². The van der Waals surface area contributed by atoms with E-state index in [4.69, 9.17) is 0 Å². The van der Waals surface area contributed by atoms with Crippen molar-refractivity contribution < 1.29 is 13.5 Å². The minimum Gasteiger partial charge on any atom is -0.435 e. The van der Waals surface area contributed by atoms with Crippen molar-refractivity contribution in [3.63, 3.8) is 0 Å². The minimum absolute atomic E-state index is 0.0760. The molecule has 0 bridgehead atoms. The Hall–Kier alpha value is -2.97. The summed E-state index contributed by atoms with van der Waals surface area (Å²) in [7, 11) is 0. The standard InChI is InChI=1S/C16H15F2N5O2/c17-15(18)25-9-4-5-10-8(6-9)2-1-3-12(10)20-16-21-13-11(7-19-23-13)14(24)22-16/h4-7,12,15H,1-3H2,(H3,19,20,21,22,23,24). The zero-order valence-corrected chi connectivity index (χ0v) is 13.1. The van der Waals surface area contributed by atoms with Crippen molar-refractivity contribution in [3.05, 3.63) is 45.9 Å². The highest BCUT2D eigenvalue weighted by Crippen LogP contribution is 2.34. The third-order valence-electron chi connectivity index (χ3n) is 4.28. The lowest BCUT2D eigenvalue weighted by Crippen LogP contribution is -2.21. The Morgan fingerprint density at radius 2 is 2.24 bits per heavy atom. The van der Waals surface area contributed by atoms with Crippen molar-refractivity contribution >= 4 is 17.0 Å². The maximum Gasteiger partial charge on any atom is 0.387 e. The molecule has 1 aromatic carbocycles. The second kappa shape index (κ2) is 6.15. The molecule has 2 heterocycles. The number of halogens is 2. The molecule has 0 spiro atoms. The van der Waals surface area contributed by atoms with Gasteiger partial charge in [-0.2, -0.15) is 18.9 Å². The van der Waals surface area contributed by atoms with Crippen LogP contribution in [-0.2, 0) is 6.42 Å². The summed E-state index contributed by atoms with van der Waals surface area (Å²) in [6.45, 7) is -2.84. The molecule has 7 nitrogen and oxygen atoms in total. The number of benzene rings is 1. The molecule has 9 heteroatoms. The zero-order chi connectivity index (χ0) is 17.4. The number of hydrogen-bond acceptors (Lipinski definition) is 5. The number of ether oxygens (including phenoxy) is 1. The number of aromatic nitrogens is 4. The zero-order valence-electron chi connectivity index (χ0n) is 13.1. The largest absolute Gasteiger partial charge is 0.435 e. The maximum absolute atomic E-state index is 12.4. The molecule has 0 saturated heterocycles. The van der Waals surface area contributed by atoms with Crippen LogP contribution in [0, 0.1) is 0 Å². The first-order valence-electron chi connectivity index (χ1n) is 7.88. The van der Waals surface area contributed by atoms with Crippen LogP contribution in [0.4, 0.5) is 14.7 Å². The van der Waals surface area contributed by atoms with E-state index in [-0.39, 0.29) is 17.4 Å². The average Bonchev–Trinajstić information content (AvgIpc) is 3.03. The van der Waals surface area contributed by atoms with E-state index in [2.05, 4.69) is 30.2 Å².